The van der Waals surface area contributed by atoms with Crippen LogP contribution in [-0.4, -0.2) is 24.2 Å². The van der Waals surface area contributed by atoms with Crippen LogP contribution in [0.1, 0.15) is 5.89 Å². The van der Waals surface area contributed by atoms with Crippen molar-refractivity contribution in [2.45, 2.75) is 10.6 Å². The molecule has 0 saturated heterocycles. The number of hydrogen-bond acceptors (Lipinski definition) is 5. The van der Waals surface area contributed by atoms with Crippen LogP contribution in [0.3, 0.4) is 0 Å². The summed E-state index contributed by atoms with van der Waals surface area (Å²) in [5.41, 5.74) is 4.15. The molecule has 6 rings (SSSR count). The molecule has 0 radical (unpaired) electrons. The minimum absolute atomic E-state index is 0.0839. The van der Waals surface area contributed by atoms with Gasteiger partial charge in [0.15, 0.2) is 5.76 Å². The molecule has 198 valence electrons. The minimum Gasteiger partial charge on any atom is -0.439 e. The number of aromatic nitrogens is 4. The van der Waals surface area contributed by atoms with E-state index in [-0.39, 0.29) is 11.6 Å². The zero-order valence-electron chi connectivity index (χ0n) is 20.7. The maximum Gasteiger partial charge on any atom is 0.208 e. The first kappa shape index (κ1) is 26.1. The second-order valence-electron chi connectivity index (χ2n) is 8.84. The number of nitrogens with zero attached hydrogens (tertiary/aromatic N) is 4. The molecule has 1 unspecified atom stereocenters. The second-order valence-corrected chi connectivity index (χ2v) is 11.2. The molecule has 40 heavy (non-hydrogen) atoms. The molecule has 1 atom stereocenters. The first-order chi connectivity index (χ1) is 19.4. The second kappa shape index (κ2) is 11.2. The Hall–Kier alpha value is -4.11. The lowest BCUT2D eigenvalue weighted by Gasteiger charge is -2.03. The van der Waals surface area contributed by atoms with Crippen molar-refractivity contribution < 1.29 is 13.0 Å². The quantitative estimate of drug-likeness (QED) is 0.189. The number of oxazole rings is 1. The van der Waals surface area contributed by atoms with E-state index in [0.717, 1.165) is 16.8 Å². The zero-order chi connectivity index (χ0) is 27.6. The van der Waals surface area contributed by atoms with Crippen molar-refractivity contribution >= 4 is 34.0 Å². The third-order valence-electron chi connectivity index (χ3n) is 6.13. The summed E-state index contributed by atoms with van der Waals surface area (Å²) in [6, 6.07) is 27.8. The number of rotatable bonds is 7. The standard InChI is InChI=1S/C30H19Cl2FN4O2S/c31-22-8-4-19(5-9-22)29-30(20-6-10-23(32)11-7-20)39-28(34-29)18-40(38)26-14-12-25(13-15-26)37-17-27(35-36-37)21-2-1-3-24(33)16-21/h1-17H,18H2. The van der Waals surface area contributed by atoms with Crippen LogP contribution in [0.2, 0.25) is 10.0 Å². The summed E-state index contributed by atoms with van der Waals surface area (Å²) in [6.45, 7) is 0. The molecule has 0 amide bonds. The Balaban J connectivity index is 1.24. The molecule has 0 N–H and O–H groups in total. The van der Waals surface area contributed by atoms with Crippen LogP contribution in [0, 0.1) is 5.82 Å². The van der Waals surface area contributed by atoms with E-state index < -0.39 is 10.8 Å². The molecule has 0 aliphatic carbocycles. The van der Waals surface area contributed by atoms with Gasteiger partial charge in [-0.2, -0.15) is 0 Å². The van der Waals surface area contributed by atoms with Gasteiger partial charge in [0.1, 0.15) is 23.0 Å². The molecule has 4 aromatic carbocycles. The summed E-state index contributed by atoms with van der Waals surface area (Å²) in [4.78, 5) is 5.30. The molecule has 6 nitrogen and oxygen atoms in total. The molecular weight excluding hydrogens is 570 g/mol. The fourth-order valence-corrected chi connectivity index (χ4v) is 5.35. The van der Waals surface area contributed by atoms with E-state index in [4.69, 9.17) is 32.6 Å². The number of benzene rings is 4. The Kier molecular flexibility index (Phi) is 7.30. The molecule has 0 aliphatic heterocycles. The lowest BCUT2D eigenvalue weighted by atomic mass is 10.1. The summed E-state index contributed by atoms with van der Waals surface area (Å²) >= 11 is 12.2. The van der Waals surface area contributed by atoms with Crippen LogP contribution in [0.15, 0.2) is 113 Å². The highest BCUT2D eigenvalue weighted by atomic mass is 35.5. The van der Waals surface area contributed by atoms with Gasteiger partial charge < -0.3 is 4.42 Å². The molecule has 2 aromatic heterocycles. The molecule has 0 spiro atoms. The van der Waals surface area contributed by atoms with Crippen LogP contribution < -0.4 is 0 Å². The third-order valence-corrected chi connectivity index (χ3v) is 7.94. The molecule has 10 heteroatoms. The Morgan fingerprint density at radius 1 is 0.825 bits per heavy atom. The average Bonchev–Trinajstić information content (AvgIpc) is 3.62. The van der Waals surface area contributed by atoms with E-state index in [1.165, 1.54) is 12.1 Å². The third kappa shape index (κ3) is 5.60. The van der Waals surface area contributed by atoms with Gasteiger partial charge in [0.2, 0.25) is 5.89 Å². The fourth-order valence-electron chi connectivity index (χ4n) is 4.14. The number of hydrogen-bond donors (Lipinski definition) is 0. The van der Waals surface area contributed by atoms with Gasteiger partial charge in [-0.25, -0.2) is 14.1 Å². The summed E-state index contributed by atoms with van der Waals surface area (Å²) in [6.07, 6.45) is 1.71. The average molecular weight is 589 g/mol. The van der Waals surface area contributed by atoms with Crippen molar-refractivity contribution in [3.8, 4) is 39.5 Å². The molecule has 2 heterocycles. The number of halogens is 3. The monoisotopic (exact) mass is 588 g/mol. The Labute approximate surface area is 241 Å². The Morgan fingerprint density at radius 2 is 1.50 bits per heavy atom. The Bertz CT molecular complexity index is 1760. The first-order valence-electron chi connectivity index (χ1n) is 12.1. The van der Waals surface area contributed by atoms with Crippen LogP contribution >= 0.6 is 23.2 Å². The highest BCUT2D eigenvalue weighted by Gasteiger charge is 2.19. The van der Waals surface area contributed by atoms with E-state index in [1.807, 2.05) is 24.3 Å². The van der Waals surface area contributed by atoms with Crippen molar-refractivity contribution in [1.82, 2.24) is 20.0 Å². The SMILES string of the molecule is O=S(Cc1nc(-c2ccc(Cl)cc2)c(-c2ccc(Cl)cc2)o1)c1ccc(-n2cc(-c3cccc(F)c3)nn2)cc1. The van der Waals surface area contributed by atoms with Crippen LogP contribution in [0.4, 0.5) is 4.39 Å². The van der Waals surface area contributed by atoms with Crippen molar-refractivity contribution in [3.05, 3.63) is 125 Å². The molecule has 6 aromatic rings. The molecular formula is C30H19Cl2FN4O2S. The lowest BCUT2D eigenvalue weighted by molar-refractivity contribution is 0.527. The van der Waals surface area contributed by atoms with Crippen molar-refractivity contribution in [2.24, 2.45) is 0 Å². The van der Waals surface area contributed by atoms with Gasteiger partial charge in [-0.15, -0.1) is 5.10 Å². The van der Waals surface area contributed by atoms with E-state index in [1.54, 1.807) is 71.5 Å². The first-order valence-corrected chi connectivity index (χ1v) is 14.2. The predicted octanol–water partition coefficient (Wildman–Crippen LogP) is 8.01. The molecule has 0 aliphatic rings. The van der Waals surface area contributed by atoms with E-state index in [2.05, 4.69) is 10.3 Å². The van der Waals surface area contributed by atoms with Crippen LogP contribution in [0.5, 0.6) is 0 Å². The topological polar surface area (TPSA) is 73.8 Å². The predicted molar refractivity (Wildman–Crippen MR) is 154 cm³/mol. The zero-order valence-corrected chi connectivity index (χ0v) is 23.0. The van der Waals surface area contributed by atoms with Gasteiger partial charge in [-0.05, 0) is 72.8 Å². The summed E-state index contributed by atoms with van der Waals surface area (Å²) in [5.74, 6) is 0.640. The fraction of sp³-hybridized carbons (Fsp3) is 0.0333. The van der Waals surface area contributed by atoms with Gasteiger partial charge in [-0.1, -0.05) is 52.7 Å². The molecule has 0 saturated carbocycles. The van der Waals surface area contributed by atoms with Gasteiger partial charge >= 0.3 is 0 Å². The van der Waals surface area contributed by atoms with Gasteiger partial charge in [0.25, 0.3) is 0 Å². The summed E-state index contributed by atoms with van der Waals surface area (Å²) < 4.78 is 34.6. The normalized spacial score (nSPS) is 12.0. The largest absolute Gasteiger partial charge is 0.439 e. The maximum absolute atomic E-state index is 13.6. The van der Waals surface area contributed by atoms with Crippen molar-refractivity contribution in [1.29, 1.82) is 0 Å². The van der Waals surface area contributed by atoms with Gasteiger partial charge in [-0.3, -0.25) is 4.21 Å². The van der Waals surface area contributed by atoms with E-state index in [0.29, 0.717) is 43.5 Å². The lowest BCUT2D eigenvalue weighted by Crippen LogP contribution is -1.99. The smallest absolute Gasteiger partial charge is 0.208 e. The minimum atomic E-state index is -1.43. The van der Waals surface area contributed by atoms with Crippen LogP contribution in [-0.2, 0) is 16.6 Å². The van der Waals surface area contributed by atoms with E-state index in [9.17, 15) is 8.60 Å². The van der Waals surface area contributed by atoms with E-state index >= 15 is 0 Å². The highest BCUT2D eigenvalue weighted by molar-refractivity contribution is 7.84. The molecule has 0 fully saturated rings. The van der Waals surface area contributed by atoms with Crippen molar-refractivity contribution in [3.63, 3.8) is 0 Å². The highest BCUT2D eigenvalue weighted by Crippen LogP contribution is 2.34. The van der Waals surface area contributed by atoms with Gasteiger partial charge in [0.05, 0.1) is 22.7 Å². The van der Waals surface area contributed by atoms with Crippen LogP contribution in [0.25, 0.3) is 39.5 Å². The van der Waals surface area contributed by atoms with Crippen molar-refractivity contribution in [2.75, 3.05) is 0 Å². The van der Waals surface area contributed by atoms with Gasteiger partial charge in [0, 0.05) is 31.6 Å². The summed E-state index contributed by atoms with van der Waals surface area (Å²) in [7, 11) is -1.43. The summed E-state index contributed by atoms with van der Waals surface area (Å²) in [5, 5.41) is 9.50. The maximum atomic E-state index is 13.6. The molecule has 0 bridgehead atoms. The Morgan fingerprint density at radius 3 is 2.17 bits per heavy atom.